The molecule has 2 aliphatic rings. The molecule has 1 aliphatic heterocycles. The smallest absolute Gasteiger partial charge is 0.237 e. The fourth-order valence-corrected chi connectivity index (χ4v) is 4.27. The van der Waals surface area contributed by atoms with Gasteiger partial charge in [0.15, 0.2) is 11.6 Å². The minimum Gasteiger partial charge on any atom is -0.355 e. The number of nitrogens with zero attached hydrogens (tertiary/aromatic N) is 1. The van der Waals surface area contributed by atoms with Crippen LogP contribution in [0.15, 0.2) is 18.2 Å². The van der Waals surface area contributed by atoms with Crippen molar-refractivity contribution in [2.75, 3.05) is 13.1 Å². The van der Waals surface area contributed by atoms with Crippen molar-refractivity contribution in [2.45, 2.75) is 63.6 Å². The van der Waals surface area contributed by atoms with Gasteiger partial charge in [0, 0.05) is 25.2 Å². The Labute approximate surface area is 158 Å². The molecule has 27 heavy (non-hydrogen) atoms. The molecule has 2 fully saturated rings. The highest BCUT2D eigenvalue weighted by molar-refractivity contribution is 5.83. The Morgan fingerprint density at radius 3 is 2.59 bits per heavy atom. The minimum atomic E-state index is -0.954. The third kappa shape index (κ3) is 4.83. The molecule has 1 aliphatic carbocycles. The summed E-state index contributed by atoms with van der Waals surface area (Å²) in [6, 6.07) is 3.55. The van der Waals surface area contributed by atoms with Crippen LogP contribution in [-0.4, -0.2) is 47.9 Å². The topological polar surface area (TPSA) is 61.4 Å². The van der Waals surface area contributed by atoms with E-state index in [4.69, 9.17) is 0 Å². The summed E-state index contributed by atoms with van der Waals surface area (Å²) in [7, 11) is 0. The summed E-state index contributed by atoms with van der Waals surface area (Å²) in [5.41, 5.74) is 0.428. The number of nitrogens with one attached hydrogen (secondary N) is 2. The van der Waals surface area contributed by atoms with Crippen LogP contribution in [0.4, 0.5) is 8.78 Å². The number of hydrogen-bond acceptors (Lipinski definition) is 3. The first-order valence-corrected chi connectivity index (χ1v) is 9.74. The molecule has 1 aromatic carbocycles. The summed E-state index contributed by atoms with van der Waals surface area (Å²) in [5.74, 6) is -2.10. The van der Waals surface area contributed by atoms with E-state index in [0.717, 1.165) is 25.0 Å². The summed E-state index contributed by atoms with van der Waals surface area (Å²) in [6.45, 7) is 3.13. The van der Waals surface area contributed by atoms with Crippen LogP contribution in [0, 0.1) is 11.6 Å². The third-order valence-electron chi connectivity index (χ3n) is 5.50. The lowest BCUT2D eigenvalue weighted by molar-refractivity contribution is -0.126. The first-order chi connectivity index (χ1) is 13.0. The van der Waals surface area contributed by atoms with E-state index in [0.29, 0.717) is 31.1 Å². The highest BCUT2D eigenvalue weighted by Gasteiger charge is 2.41. The van der Waals surface area contributed by atoms with E-state index < -0.39 is 11.6 Å². The van der Waals surface area contributed by atoms with Crippen LogP contribution in [0.2, 0.25) is 0 Å². The van der Waals surface area contributed by atoms with Gasteiger partial charge in [-0.3, -0.25) is 14.5 Å². The number of amides is 2. The first-order valence-electron chi connectivity index (χ1n) is 9.74. The molecule has 0 unspecified atom stereocenters. The Bertz CT molecular complexity index is 692. The Balaban J connectivity index is 1.61. The van der Waals surface area contributed by atoms with Gasteiger partial charge in [0.05, 0.1) is 12.5 Å². The lowest BCUT2D eigenvalue weighted by Crippen LogP contribution is -2.47. The lowest BCUT2D eigenvalue weighted by atomic mass is 10.1. The molecule has 148 valence electrons. The van der Waals surface area contributed by atoms with Gasteiger partial charge >= 0.3 is 0 Å². The average Bonchev–Trinajstić information content (AvgIpc) is 3.27. The van der Waals surface area contributed by atoms with Gasteiger partial charge in [-0.25, -0.2) is 8.78 Å². The van der Waals surface area contributed by atoms with Crippen LogP contribution >= 0.6 is 0 Å². The van der Waals surface area contributed by atoms with Gasteiger partial charge < -0.3 is 10.6 Å². The standard InChI is InChI=1S/C20H27F2N3O2/c1-2-23-20(27)18-11-14(12-25(18)15-5-3-4-6-15)24-19(26)10-13-7-8-16(21)17(22)9-13/h7-9,14-15,18H,2-6,10-12H2,1H3,(H,23,27)(H,24,26)/t14-,18-/m0/s1. The van der Waals surface area contributed by atoms with E-state index in [1.54, 1.807) is 0 Å². The quantitative estimate of drug-likeness (QED) is 0.796. The Kier molecular flexibility index (Phi) is 6.42. The van der Waals surface area contributed by atoms with Gasteiger partial charge in [-0.05, 0) is 43.9 Å². The Morgan fingerprint density at radius 2 is 1.93 bits per heavy atom. The number of hydrogen-bond donors (Lipinski definition) is 2. The van der Waals surface area contributed by atoms with Gasteiger partial charge in [-0.2, -0.15) is 0 Å². The largest absolute Gasteiger partial charge is 0.355 e. The zero-order valence-corrected chi connectivity index (χ0v) is 15.6. The fraction of sp³-hybridized carbons (Fsp3) is 0.600. The molecule has 1 saturated carbocycles. The molecule has 0 aromatic heterocycles. The maximum absolute atomic E-state index is 13.3. The van der Waals surface area contributed by atoms with E-state index >= 15 is 0 Å². The van der Waals surface area contributed by atoms with Crippen molar-refractivity contribution in [1.29, 1.82) is 0 Å². The molecule has 2 amide bonds. The Hall–Kier alpha value is -2.02. The predicted molar refractivity (Wildman–Crippen MR) is 98.0 cm³/mol. The summed E-state index contributed by atoms with van der Waals surface area (Å²) in [6.07, 6.45) is 5.10. The number of carbonyl (C=O) groups excluding carboxylic acids is 2. The van der Waals surface area contributed by atoms with Crippen molar-refractivity contribution < 1.29 is 18.4 Å². The van der Waals surface area contributed by atoms with Crippen molar-refractivity contribution >= 4 is 11.8 Å². The SMILES string of the molecule is CCNC(=O)[C@@H]1C[C@H](NC(=O)Cc2ccc(F)c(F)c2)CN1C1CCCC1. The molecule has 2 N–H and O–H groups in total. The van der Waals surface area contributed by atoms with E-state index in [1.807, 2.05) is 6.92 Å². The molecular weight excluding hydrogens is 352 g/mol. The molecule has 0 spiro atoms. The van der Waals surface area contributed by atoms with Crippen LogP contribution in [-0.2, 0) is 16.0 Å². The van der Waals surface area contributed by atoms with Crippen molar-refractivity contribution in [3.05, 3.63) is 35.4 Å². The van der Waals surface area contributed by atoms with Crippen LogP contribution in [0.1, 0.15) is 44.6 Å². The van der Waals surface area contributed by atoms with E-state index in [1.165, 1.54) is 18.9 Å². The van der Waals surface area contributed by atoms with Crippen LogP contribution in [0.3, 0.4) is 0 Å². The zero-order chi connectivity index (χ0) is 19.4. The predicted octanol–water partition coefficient (Wildman–Crippen LogP) is 2.15. The maximum Gasteiger partial charge on any atom is 0.237 e. The van der Waals surface area contributed by atoms with Gasteiger partial charge in [-0.15, -0.1) is 0 Å². The number of carbonyl (C=O) groups is 2. The normalized spacial score (nSPS) is 23.5. The van der Waals surface area contributed by atoms with Gasteiger partial charge in [-0.1, -0.05) is 18.9 Å². The van der Waals surface area contributed by atoms with Crippen molar-refractivity contribution in [2.24, 2.45) is 0 Å². The van der Waals surface area contributed by atoms with Crippen molar-refractivity contribution in [3.8, 4) is 0 Å². The van der Waals surface area contributed by atoms with E-state index in [-0.39, 0.29) is 30.3 Å². The van der Waals surface area contributed by atoms with Crippen LogP contribution < -0.4 is 10.6 Å². The summed E-state index contributed by atoms with van der Waals surface area (Å²) < 4.78 is 26.3. The zero-order valence-electron chi connectivity index (χ0n) is 15.6. The molecule has 1 aromatic rings. The third-order valence-corrected chi connectivity index (χ3v) is 5.50. The monoisotopic (exact) mass is 379 g/mol. The highest BCUT2D eigenvalue weighted by Crippen LogP contribution is 2.30. The highest BCUT2D eigenvalue weighted by atomic mass is 19.2. The van der Waals surface area contributed by atoms with Crippen molar-refractivity contribution in [3.63, 3.8) is 0 Å². The molecular formula is C20H27F2N3O2. The van der Waals surface area contributed by atoms with E-state index in [2.05, 4.69) is 15.5 Å². The second-order valence-electron chi connectivity index (χ2n) is 7.47. The number of rotatable bonds is 6. The lowest BCUT2D eigenvalue weighted by Gasteiger charge is -2.29. The maximum atomic E-state index is 13.3. The molecule has 1 saturated heterocycles. The summed E-state index contributed by atoms with van der Waals surface area (Å²) in [5, 5.41) is 5.86. The first kappa shape index (κ1) is 19.7. The van der Waals surface area contributed by atoms with Crippen LogP contribution in [0.5, 0.6) is 0 Å². The van der Waals surface area contributed by atoms with Crippen molar-refractivity contribution in [1.82, 2.24) is 15.5 Å². The minimum absolute atomic E-state index is 0.0110. The number of likely N-dealkylation sites (tertiary alicyclic amines) is 1. The van der Waals surface area contributed by atoms with Gasteiger partial charge in [0.2, 0.25) is 11.8 Å². The molecule has 2 atom stereocenters. The van der Waals surface area contributed by atoms with Gasteiger partial charge in [0.25, 0.3) is 0 Å². The molecule has 0 radical (unpaired) electrons. The molecule has 0 bridgehead atoms. The summed E-state index contributed by atoms with van der Waals surface area (Å²) >= 11 is 0. The van der Waals surface area contributed by atoms with E-state index in [9.17, 15) is 18.4 Å². The number of benzene rings is 1. The molecule has 3 rings (SSSR count). The van der Waals surface area contributed by atoms with Crippen LogP contribution in [0.25, 0.3) is 0 Å². The molecule has 5 nitrogen and oxygen atoms in total. The number of likely N-dealkylation sites (N-methyl/N-ethyl adjacent to an activating group) is 1. The number of halogens is 2. The molecule has 1 heterocycles. The Morgan fingerprint density at radius 1 is 1.19 bits per heavy atom. The fourth-order valence-electron chi connectivity index (χ4n) is 4.27. The van der Waals surface area contributed by atoms with Gasteiger partial charge in [0.1, 0.15) is 0 Å². The average molecular weight is 379 g/mol. The second-order valence-corrected chi connectivity index (χ2v) is 7.47. The summed E-state index contributed by atoms with van der Waals surface area (Å²) in [4.78, 5) is 27.0. The molecule has 7 heteroatoms. The second kappa shape index (κ2) is 8.78.